The number of nitrogens with two attached hydrogens (primary N) is 2. The van der Waals surface area contributed by atoms with Gasteiger partial charge in [-0.2, -0.15) is 0 Å². The topological polar surface area (TPSA) is 55.3 Å². The van der Waals surface area contributed by atoms with Crippen molar-refractivity contribution in [2.24, 2.45) is 11.6 Å². The third-order valence-corrected chi connectivity index (χ3v) is 2.31. The molecule has 3 nitrogen and oxygen atoms in total. The van der Waals surface area contributed by atoms with Gasteiger partial charge in [-0.1, -0.05) is 19.9 Å². The summed E-state index contributed by atoms with van der Waals surface area (Å²) in [6, 6.07) is 4.41. The standard InChI is InChI=1S/C10H14FN3S/c1-6(2)8-4-3-7(11)5-9(8)14(13)10(12)15/h3-6H,13H2,1-2H3,(H2,12,15). The Kier molecular flexibility index (Phi) is 3.60. The molecule has 0 spiro atoms. The van der Waals surface area contributed by atoms with Gasteiger partial charge in [-0.25, -0.2) is 10.2 Å². The zero-order valence-corrected chi connectivity index (χ0v) is 9.51. The Balaban J connectivity index is 3.24. The van der Waals surface area contributed by atoms with Crippen LogP contribution in [0.1, 0.15) is 25.3 Å². The van der Waals surface area contributed by atoms with Crippen molar-refractivity contribution in [2.75, 3.05) is 5.01 Å². The Bertz CT molecular complexity index is 379. The number of hydrogen-bond acceptors (Lipinski definition) is 2. The molecule has 0 aliphatic carbocycles. The first-order chi connectivity index (χ1) is 6.93. The first-order valence-corrected chi connectivity index (χ1v) is 4.98. The Morgan fingerprint density at radius 2 is 2.07 bits per heavy atom. The lowest BCUT2D eigenvalue weighted by molar-refractivity contribution is 0.626. The molecule has 0 unspecified atom stereocenters. The summed E-state index contributed by atoms with van der Waals surface area (Å²) >= 11 is 4.75. The van der Waals surface area contributed by atoms with Crippen molar-refractivity contribution in [2.45, 2.75) is 19.8 Å². The maximum absolute atomic E-state index is 13.1. The minimum absolute atomic E-state index is 0.0162. The van der Waals surface area contributed by atoms with Crippen LogP contribution in [0.5, 0.6) is 0 Å². The molecular formula is C10H14FN3S. The van der Waals surface area contributed by atoms with Crippen LogP contribution in [0.15, 0.2) is 18.2 Å². The highest BCUT2D eigenvalue weighted by atomic mass is 32.1. The van der Waals surface area contributed by atoms with Gasteiger partial charge >= 0.3 is 0 Å². The summed E-state index contributed by atoms with van der Waals surface area (Å²) in [5.41, 5.74) is 6.82. The SMILES string of the molecule is CC(C)c1ccc(F)cc1N(N)C(N)=S. The average molecular weight is 227 g/mol. The maximum atomic E-state index is 13.1. The van der Waals surface area contributed by atoms with E-state index in [0.717, 1.165) is 10.6 Å². The van der Waals surface area contributed by atoms with Crippen molar-refractivity contribution in [1.82, 2.24) is 0 Å². The summed E-state index contributed by atoms with van der Waals surface area (Å²) in [6.07, 6.45) is 0. The maximum Gasteiger partial charge on any atom is 0.185 e. The molecule has 1 aromatic carbocycles. The van der Waals surface area contributed by atoms with Gasteiger partial charge in [-0.3, -0.25) is 5.01 Å². The van der Waals surface area contributed by atoms with Crippen LogP contribution in [-0.2, 0) is 0 Å². The lowest BCUT2D eigenvalue weighted by Crippen LogP contribution is -2.42. The molecule has 1 rings (SSSR count). The third-order valence-electron chi connectivity index (χ3n) is 2.11. The summed E-state index contributed by atoms with van der Waals surface area (Å²) in [7, 11) is 0. The minimum atomic E-state index is -0.360. The molecule has 1 aromatic rings. The molecule has 0 saturated heterocycles. The highest BCUT2D eigenvalue weighted by Gasteiger charge is 2.13. The van der Waals surface area contributed by atoms with Gasteiger partial charge in [-0.15, -0.1) is 0 Å². The van der Waals surface area contributed by atoms with Crippen molar-refractivity contribution in [1.29, 1.82) is 0 Å². The van der Waals surface area contributed by atoms with Gasteiger partial charge in [0.2, 0.25) is 0 Å². The van der Waals surface area contributed by atoms with E-state index in [0.29, 0.717) is 5.69 Å². The molecule has 0 atom stereocenters. The van der Waals surface area contributed by atoms with E-state index in [9.17, 15) is 4.39 Å². The van der Waals surface area contributed by atoms with Crippen LogP contribution in [-0.4, -0.2) is 5.11 Å². The van der Waals surface area contributed by atoms with Gasteiger partial charge < -0.3 is 5.73 Å². The third kappa shape index (κ3) is 2.64. The Labute approximate surface area is 93.8 Å². The normalized spacial score (nSPS) is 10.5. The van der Waals surface area contributed by atoms with E-state index >= 15 is 0 Å². The van der Waals surface area contributed by atoms with E-state index in [1.54, 1.807) is 6.07 Å². The predicted molar refractivity (Wildman–Crippen MR) is 63.9 cm³/mol. The molecule has 0 radical (unpaired) electrons. The van der Waals surface area contributed by atoms with Crippen LogP contribution in [0.25, 0.3) is 0 Å². The average Bonchev–Trinajstić information content (AvgIpc) is 2.15. The lowest BCUT2D eigenvalue weighted by Gasteiger charge is -2.21. The molecule has 0 fully saturated rings. The summed E-state index contributed by atoms with van der Waals surface area (Å²) in [6.45, 7) is 3.98. The summed E-state index contributed by atoms with van der Waals surface area (Å²) in [5, 5.41) is 1.14. The fourth-order valence-electron chi connectivity index (χ4n) is 1.33. The fraction of sp³-hybridized carbons (Fsp3) is 0.300. The first-order valence-electron chi connectivity index (χ1n) is 4.57. The fourth-order valence-corrected chi connectivity index (χ4v) is 1.43. The molecule has 0 saturated carbocycles. The number of hydrogen-bond donors (Lipinski definition) is 2. The van der Waals surface area contributed by atoms with Crippen LogP contribution in [0.4, 0.5) is 10.1 Å². The second kappa shape index (κ2) is 4.55. The van der Waals surface area contributed by atoms with Gasteiger partial charge in [-0.05, 0) is 35.8 Å². The van der Waals surface area contributed by atoms with Crippen molar-refractivity contribution < 1.29 is 4.39 Å². The van der Waals surface area contributed by atoms with Gasteiger partial charge in [0.1, 0.15) is 5.82 Å². The number of benzene rings is 1. The van der Waals surface area contributed by atoms with Gasteiger partial charge in [0.05, 0.1) is 5.69 Å². The first kappa shape index (κ1) is 11.9. The molecule has 15 heavy (non-hydrogen) atoms. The van der Waals surface area contributed by atoms with Gasteiger partial charge in [0.15, 0.2) is 5.11 Å². The Morgan fingerprint density at radius 1 is 1.47 bits per heavy atom. The molecular weight excluding hydrogens is 213 g/mol. The molecule has 4 N–H and O–H groups in total. The van der Waals surface area contributed by atoms with E-state index in [-0.39, 0.29) is 16.8 Å². The number of nitrogens with zero attached hydrogens (tertiary/aromatic N) is 1. The van der Waals surface area contributed by atoms with Crippen LogP contribution in [0.3, 0.4) is 0 Å². The van der Waals surface area contributed by atoms with E-state index in [4.69, 9.17) is 23.8 Å². The molecule has 5 heteroatoms. The molecule has 0 heterocycles. The highest BCUT2D eigenvalue weighted by molar-refractivity contribution is 7.80. The second-order valence-electron chi connectivity index (χ2n) is 3.57. The van der Waals surface area contributed by atoms with Gasteiger partial charge in [0.25, 0.3) is 0 Å². The van der Waals surface area contributed by atoms with Crippen LogP contribution < -0.4 is 16.6 Å². The predicted octanol–water partition coefficient (Wildman–Crippen LogP) is 1.87. The number of rotatable bonds is 2. The second-order valence-corrected chi connectivity index (χ2v) is 3.98. The summed E-state index contributed by atoms with van der Waals surface area (Å²) < 4.78 is 13.1. The highest BCUT2D eigenvalue weighted by Crippen LogP contribution is 2.26. The van der Waals surface area contributed by atoms with Crippen molar-refractivity contribution in [3.63, 3.8) is 0 Å². The van der Waals surface area contributed by atoms with Crippen LogP contribution in [0, 0.1) is 5.82 Å². The lowest BCUT2D eigenvalue weighted by atomic mass is 10.0. The molecule has 0 amide bonds. The summed E-state index contributed by atoms with van der Waals surface area (Å²) in [4.78, 5) is 0. The number of thiocarbonyl (C=S) groups is 1. The Hall–Kier alpha value is -1.20. The molecule has 82 valence electrons. The Morgan fingerprint density at radius 3 is 2.53 bits per heavy atom. The molecule has 0 aliphatic heterocycles. The number of hydrazine groups is 1. The minimum Gasteiger partial charge on any atom is -0.375 e. The van der Waals surface area contributed by atoms with Crippen molar-refractivity contribution >= 4 is 23.0 Å². The van der Waals surface area contributed by atoms with E-state index in [1.165, 1.54) is 12.1 Å². The van der Waals surface area contributed by atoms with Crippen molar-refractivity contribution in [3.8, 4) is 0 Å². The summed E-state index contributed by atoms with van der Waals surface area (Å²) in [5.74, 6) is 5.51. The number of halogens is 1. The molecule has 0 bridgehead atoms. The van der Waals surface area contributed by atoms with Crippen LogP contribution >= 0.6 is 12.2 Å². The van der Waals surface area contributed by atoms with E-state index in [2.05, 4.69) is 0 Å². The van der Waals surface area contributed by atoms with Crippen LogP contribution in [0.2, 0.25) is 0 Å². The molecule has 0 aromatic heterocycles. The van der Waals surface area contributed by atoms with E-state index in [1.807, 2.05) is 13.8 Å². The quantitative estimate of drug-likeness (QED) is 0.460. The zero-order chi connectivity index (χ0) is 11.6. The number of anilines is 1. The smallest absolute Gasteiger partial charge is 0.185 e. The van der Waals surface area contributed by atoms with Gasteiger partial charge in [0, 0.05) is 0 Å². The van der Waals surface area contributed by atoms with E-state index < -0.39 is 0 Å². The molecule has 0 aliphatic rings. The largest absolute Gasteiger partial charge is 0.375 e. The zero-order valence-electron chi connectivity index (χ0n) is 8.70. The monoisotopic (exact) mass is 227 g/mol. The van der Waals surface area contributed by atoms with Crippen molar-refractivity contribution in [3.05, 3.63) is 29.6 Å².